The molecule has 1 atom stereocenters. The number of benzene rings is 1. The fourth-order valence-electron chi connectivity index (χ4n) is 4.13. The van der Waals surface area contributed by atoms with Gasteiger partial charge in [-0.3, -0.25) is 14.3 Å². The Hall–Kier alpha value is -4.28. The van der Waals surface area contributed by atoms with Crippen molar-refractivity contribution in [2.24, 2.45) is 0 Å². The van der Waals surface area contributed by atoms with Crippen LogP contribution < -0.4 is 15.4 Å². The molecule has 1 aliphatic heterocycles. The van der Waals surface area contributed by atoms with Gasteiger partial charge in [0, 0.05) is 25.0 Å². The van der Waals surface area contributed by atoms with Gasteiger partial charge in [0.25, 0.3) is 5.91 Å². The van der Waals surface area contributed by atoms with Gasteiger partial charge in [-0.1, -0.05) is 18.2 Å². The fourth-order valence-corrected chi connectivity index (χ4v) is 4.13. The molecule has 4 heterocycles. The van der Waals surface area contributed by atoms with Crippen molar-refractivity contribution >= 4 is 23.0 Å². The molecule has 0 spiro atoms. The molecule has 0 radical (unpaired) electrons. The summed E-state index contributed by atoms with van der Waals surface area (Å²) in [7, 11) is 1.46. The van der Waals surface area contributed by atoms with Crippen LogP contribution in [0.5, 0.6) is 6.01 Å². The number of aromatic nitrogens is 6. The number of carbonyl (C=O) groups excluding carboxylic acids is 2. The summed E-state index contributed by atoms with van der Waals surface area (Å²) in [5, 5.41) is 14.2. The minimum Gasteiger partial charge on any atom is -0.466 e. The maximum absolute atomic E-state index is 12.9. The predicted octanol–water partition coefficient (Wildman–Crippen LogP) is 1.54. The van der Waals surface area contributed by atoms with Crippen molar-refractivity contribution in [1.82, 2.24) is 34.7 Å². The van der Waals surface area contributed by atoms with Gasteiger partial charge in [0.1, 0.15) is 18.6 Å². The van der Waals surface area contributed by atoms with E-state index in [0.29, 0.717) is 41.8 Å². The van der Waals surface area contributed by atoms with Gasteiger partial charge in [-0.05, 0) is 30.5 Å². The van der Waals surface area contributed by atoms with E-state index in [2.05, 4.69) is 30.8 Å². The van der Waals surface area contributed by atoms with E-state index in [0.717, 1.165) is 11.3 Å². The van der Waals surface area contributed by atoms with E-state index < -0.39 is 5.92 Å². The number of rotatable bonds is 7. The molecule has 0 bridgehead atoms. The Labute approximate surface area is 188 Å². The zero-order valence-electron chi connectivity index (χ0n) is 18.1. The zero-order chi connectivity index (χ0) is 22.9. The molecule has 0 aliphatic carbocycles. The third-order valence-electron chi connectivity index (χ3n) is 5.70. The largest absolute Gasteiger partial charge is 0.466 e. The molecular formula is C22H22N8O3. The normalized spacial score (nSPS) is 14.8. The van der Waals surface area contributed by atoms with Crippen LogP contribution in [0.25, 0.3) is 5.52 Å². The van der Waals surface area contributed by atoms with Crippen molar-refractivity contribution < 1.29 is 14.3 Å². The number of methoxy groups -OCH3 is 1. The van der Waals surface area contributed by atoms with E-state index in [1.807, 2.05) is 31.2 Å². The topological polar surface area (TPSA) is 128 Å². The SMILES string of the molecule is COc1nc(C2C(=O)Nc3ccccc32)c2c(C)c(C(=O)NCCCn3cncn3)cn2n1. The molecule has 3 aromatic heterocycles. The molecule has 5 rings (SSSR count). The van der Waals surface area contributed by atoms with Crippen LogP contribution in [0.2, 0.25) is 0 Å². The molecule has 0 saturated heterocycles. The molecule has 4 aromatic rings. The standard InChI is InChI=1S/C22H22N8O3/c1-13-15(20(31)24-8-5-9-29-12-23-11-25-29)10-30-19(13)18(27-22(28-30)33-2)17-14-6-3-4-7-16(14)26-21(17)32/h3-4,6-7,10-12,17H,5,8-9H2,1-2H3,(H,24,31)(H,26,32). The first kappa shape index (κ1) is 20.6. The summed E-state index contributed by atoms with van der Waals surface area (Å²) in [5.74, 6) is -1.04. The average molecular weight is 446 g/mol. The molecule has 2 amide bonds. The van der Waals surface area contributed by atoms with Crippen LogP contribution in [0.3, 0.4) is 0 Å². The number of fused-ring (bicyclic) bond motifs is 2. The van der Waals surface area contributed by atoms with Gasteiger partial charge >= 0.3 is 6.01 Å². The number of nitrogens with one attached hydrogen (secondary N) is 2. The second-order valence-electron chi connectivity index (χ2n) is 7.72. The highest BCUT2D eigenvalue weighted by molar-refractivity contribution is 6.06. The molecular weight excluding hydrogens is 424 g/mol. The number of para-hydroxylation sites is 1. The lowest BCUT2D eigenvalue weighted by Crippen LogP contribution is -2.25. The van der Waals surface area contributed by atoms with Crippen LogP contribution in [-0.4, -0.2) is 54.8 Å². The van der Waals surface area contributed by atoms with Crippen LogP contribution >= 0.6 is 0 Å². The smallest absolute Gasteiger partial charge is 0.334 e. The Bertz CT molecular complexity index is 1350. The highest BCUT2D eigenvalue weighted by Crippen LogP contribution is 2.39. The average Bonchev–Trinajstić information content (AvgIpc) is 3.53. The number of anilines is 1. The summed E-state index contributed by atoms with van der Waals surface area (Å²) in [4.78, 5) is 34.2. The Kier molecular flexibility index (Phi) is 5.21. The zero-order valence-corrected chi connectivity index (χ0v) is 18.1. The lowest BCUT2D eigenvalue weighted by atomic mass is 9.95. The van der Waals surface area contributed by atoms with E-state index in [1.54, 1.807) is 21.7 Å². The van der Waals surface area contributed by atoms with Crippen molar-refractivity contribution in [2.45, 2.75) is 25.8 Å². The van der Waals surface area contributed by atoms with E-state index in [1.165, 1.54) is 13.4 Å². The molecule has 0 saturated carbocycles. The molecule has 11 heteroatoms. The summed E-state index contributed by atoms with van der Waals surface area (Å²) < 4.78 is 8.56. The van der Waals surface area contributed by atoms with Crippen LogP contribution in [-0.2, 0) is 11.3 Å². The number of amides is 2. The predicted molar refractivity (Wildman–Crippen MR) is 118 cm³/mol. The van der Waals surface area contributed by atoms with Gasteiger partial charge in [-0.2, -0.15) is 10.1 Å². The van der Waals surface area contributed by atoms with Crippen LogP contribution in [0.4, 0.5) is 5.69 Å². The van der Waals surface area contributed by atoms with Gasteiger partial charge in [-0.15, -0.1) is 5.10 Å². The van der Waals surface area contributed by atoms with Crippen molar-refractivity contribution in [2.75, 3.05) is 19.0 Å². The third-order valence-corrected chi connectivity index (χ3v) is 5.70. The summed E-state index contributed by atoms with van der Waals surface area (Å²) >= 11 is 0. The molecule has 2 N–H and O–H groups in total. The molecule has 0 fully saturated rings. The molecule has 11 nitrogen and oxygen atoms in total. The van der Waals surface area contributed by atoms with Crippen LogP contribution in [0, 0.1) is 6.92 Å². The van der Waals surface area contributed by atoms with Crippen LogP contribution in [0.15, 0.2) is 43.1 Å². The highest BCUT2D eigenvalue weighted by Gasteiger charge is 2.36. The van der Waals surface area contributed by atoms with Gasteiger partial charge in [0.15, 0.2) is 0 Å². The first-order chi connectivity index (χ1) is 16.1. The summed E-state index contributed by atoms with van der Waals surface area (Å²) in [6.45, 7) is 2.96. The van der Waals surface area contributed by atoms with Crippen molar-refractivity contribution in [3.63, 3.8) is 0 Å². The van der Waals surface area contributed by atoms with Gasteiger partial charge in [0.05, 0.1) is 23.9 Å². The third kappa shape index (κ3) is 3.67. The monoisotopic (exact) mass is 446 g/mol. The molecule has 1 aromatic carbocycles. The first-order valence-electron chi connectivity index (χ1n) is 10.5. The highest BCUT2D eigenvalue weighted by atomic mass is 16.5. The quantitative estimate of drug-likeness (QED) is 0.412. The molecule has 33 heavy (non-hydrogen) atoms. The number of ether oxygens (including phenoxy) is 1. The summed E-state index contributed by atoms with van der Waals surface area (Å²) in [6, 6.07) is 7.61. The van der Waals surface area contributed by atoms with Crippen molar-refractivity contribution in [3.05, 3.63) is 65.5 Å². The molecule has 1 unspecified atom stereocenters. The van der Waals surface area contributed by atoms with E-state index in [-0.39, 0.29) is 17.8 Å². The number of aryl methyl sites for hydroxylation is 2. The second-order valence-corrected chi connectivity index (χ2v) is 7.72. The van der Waals surface area contributed by atoms with Gasteiger partial charge in [0.2, 0.25) is 5.91 Å². The molecule has 168 valence electrons. The van der Waals surface area contributed by atoms with E-state index in [9.17, 15) is 9.59 Å². The summed E-state index contributed by atoms with van der Waals surface area (Å²) in [6.07, 6.45) is 5.46. The Balaban J connectivity index is 1.47. The fraction of sp³-hybridized carbons (Fsp3) is 0.273. The van der Waals surface area contributed by atoms with Gasteiger partial charge in [-0.25, -0.2) is 9.50 Å². The first-order valence-corrected chi connectivity index (χ1v) is 10.5. The number of hydrogen-bond acceptors (Lipinski definition) is 7. The van der Waals surface area contributed by atoms with Crippen molar-refractivity contribution in [1.29, 1.82) is 0 Å². The minimum absolute atomic E-state index is 0.115. The second kappa shape index (κ2) is 8.34. The maximum atomic E-state index is 12.9. The maximum Gasteiger partial charge on any atom is 0.334 e. The van der Waals surface area contributed by atoms with Gasteiger partial charge < -0.3 is 15.4 Å². The molecule has 1 aliphatic rings. The Morgan fingerprint density at radius 3 is 2.94 bits per heavy atom. The lowest BCUT2D eigenvalue weighted by molar-refractivity contribution is -0.116. The Morgan fingerprint density at radius 1 is 1.30 bits per heavy atom. The lowest BCUT2D eigenvalue weighted by Gasteiger charge is -2.12. The number of hydrogen-bond donors (Lipinski definition) is 2. The van der Waals surface area contributed by atoms with E-state index >= 15 is 0 Å². The number of carbonyl (C=O) groups is 2. The van der Waals surface area contributed by atoms with Crippen LogP contribution in [0.1, 0.15) is 39.5 Å². The van der Waals surface area contributed by atoms with E-state index in [4.69, 9.17) is 4.74 Å². The summed E-state index contributed by atoms with van der Waals surface area (Å²) in [5.41, 5.74) is 3.83. The van der Waals surface area contributed by atoms with Crippen molar-refractivity contribution in [3.8, 4) is 6.01 Å². The number of nitrogens with zero attached hydrogens (tertiary/aromatic N) is 6. The Morgan fingerprint density at radius 2 is 2.15 bits per heavy atom. The minimum atomic E-state index is -0.632.